The van der Waals surface area contributed by atoms with Crippen LogP contribution in [0, 0.1) is 0 Å². The Kier molecular flexibility index (Phi) is 17.2. The highest BCUT2D eigenvalue weighted by Gasteiger charge is 1.98. The standard InChI is InChI=1S/C20H40O/c1-4-7-9-11-13-15-17-19-20(21-6-3)18-16-14-12-10-8-5-2/h19H,4-18H2,1-3H3/b20-19+. The molecule has 0 aliphatic heterocycles. The summed E-state index contributed by atoms with van der Waals surface area (Å²) >= 11 is 0. The summed E-state index contributed by atoms with van der Waals surface area (Å²) in [5, 5.41) is 0. The lowest BCUT2D eigenvalue weighted by molar-refractivity contribution is 0.214. The average Bonchev–Trinajstić information content (AvgIpc) is 2.49. The molecule has 126 valence electrons. The van der Waals surface area contributed by atoms with Crippen LogP contribution in [0.5, 0.6) is 0 Å². The number of allylic oxidation sites excluding steroid dienone is 2. The Morgan fingerprint density at radius 1 is 0.667 bits per heavy atom. The zero-order chi connectivity index (χ0) is 15.6. The van der Waals surface area contributed by atoms with Crippen LogP contribution in [0.2, 0.25) is 0 Å². The van der Waals surface area contributed by atoms with Crippen LogP contribution in [0.15, 0.2) is 11.8 Å². The van der Waals surface area contributed by atoms with Crippen LogP contribution < -0.4 is 0 Å². The summed E-state index contributed by atoms with van der Waals surface area (Å²) in [7, 11) is 0. The topological polar surface area (TPSA) is 9.23 Å². The first-order valence-corrected chi connectivity index (χ1v) is 9.66. The molecule has 0 saturated heterocycles. The molecule has 0 unspecified atom stereocenters. The number of rotatable bonds is 16. The van der Waals surface area contributed by atoms with Gasteiger partial charge in [0, 0.05) is 6.42 Å². The first-order valence-electron chi connectivity index (χ1n) is 9.66. The van der Waals surface area contributed by atoms with Gasteiger partial charge in [-0.15, -0.1) is 0 Å². The normalized spacial score (nSPS) is 11.9. The number of ether oxygens (including phenoxy) is 1. The van der Waals surface area contributed by atoms with Crippen LogP contribution in [0.25, 0.3) is 0 Å². The predicted molar refractivity (Wildman–Crippen MR) is 95.7 cm³/mol. The highest BCUT2D eigenvalue weighted by molar-refractivity contribution is 4.92. The third-order valence-electron chi connectivity index (χ3n) is 4.04. The molecular formula is C20H40O. The number of hydrogen-bond donors (Lipinski definition) is 0. The van der Waals surface area contributed by atoms with Crippen molar-refractivity contribution in [1.82, 2.24) is 0 Å². The van der Waals surface area contributed by atoms with Gasteiger partial charge < -0.3 is 4.74 Å². The van der Waals surface area contributed by atoms with Crippen LogP contribution >= 0.6 is 0 Å². The van der Waals surface area contributed by atoms with Gasteiger partial charge in [-0.1, -0.05) is 78.1 Å². The Bertz CT molecular complexity index is 220. The molecule has 0 aromatic carbocycles. The fourth-order valence-electron chi connectivity index (χ4n) is 2.69. The molecule has 0 heterocycles. The van der Waals surface area contributed by atoms with Crippen molar-refractivity contribution in [1.29, 1.82) is 0 Å². The third kappa shape index (κ3) is 15.7. The van der Waals surface area contributed by atoms with E-state index < -0.39 is 0 Å². The number of hydrogen-bond acceptors (Lipinski definition) is 1. The second-order valence-electron chi connectivity index (χ2n) is 6.18. The maximum atomic E-state index is 5.78. The minimum absolute atomic E-state index is 0.818. The average molecular weight is 297 g/mol. The maximum Gasteiger partial charge on any atom is 0.0919 e. The van der Waals surface area contributed by atoms with Crippen molar-refractivity contribution in [2.24, 2.45) is 0 Å². The fourth-order valence-corrected chi connectivity index (χ4v) is 2.69. The zero-order valence-electron chi connectivity index (χ0n) is 15.1. The van der Waals surface area contributed by atoms with Gasteiger partial charge in [-0.25, -0.2) is 0 Å². The molecule has 0 N–H and O–H groups in total. The number of unbranched alkanes of at least 4 members (excludes halogenated alkanes) is 11. The van der Waals surface area contributed by atoms with Gasteiger partial charge in [-0.05, 0) is 32.3 Å². The maximum absolute atomic E-state index is 5.78. The molecular weight excluding hydrogens is 256 g/mol. The van der Waals surface area contributed by atoms with Crippen LogP contribution in [-0.2, 0) is 4.74 Å². The summed E-state index contributed by atoms with van der Waals surface area (Å²) in [4.78, 5) is 0. The van der Waals surface area contributed by atoms with Gasteiger partial charge >= 0.3 is 0 Å². The first-order chi connectivity index (χ1) is 10.3. The molecule has 0 aliphatic carbocycles. The van der Waals surface area contributed by atoms with E-state index in [2.05, 4.69) is 26.8 Å². The summed E-state index contributed by atoms with van der Waals surface area (Å²) in [6.45, 7) is 7.47. The van der Waals surface area contributed by atoms with Gasteiger partial charge in [0.05, 0.1) is 12.4 Å². The monoisotopic (exact) mass is 296 g/mol. The summed E-state index contributed by atoms with van der Waals surface area (Å²) in [6, 6.07) is 0. The molecule has 0 saturated carbocycles. The van der Waals surface area contributed by atoms with Crippen molar-refractivity contribution in [3.8, 4) is 0 Å². The molecule has 0 fully saturated rings. The Morgan fingerprint density at radius 3 is 1.76 bits per heavy atom. The smallest absolute Gasteiger partial charge is 0.0919 e. The third-order valence-corrected chi connectivity index (χ3v) is 4.04. The van der Waals surface area contributed by atoms with Crippen molar-refractivity contribution in [2.45, 2.75) is 111 Å². The van der Waals surface area contributed by atoms with E-state index in [0.717, 1.165) is 13.0 Å². The molecule has 21 heavy (non-hydrogen) atoms. The summed E-state index contributed by atoms with van der Waals surface area (Å²) in [5.74, 6) is 1.25. The molecule has 0 aromatic rings. The van der Waals surface area contributed by atoms with Gasteiger partial charge in [0.15, 0.2) is 0 Å². The van der Waals surface area contributed by atoms with Crippen molar-refractivity contribution in [3.05, 3.63) is 11.8 Å². The molecule has 0 bridgehead atoms. The second-order valence-corrected chi connectivity index (χ2v) is 6.18. The molecule has 0 spiro atoms. The van der Waals surface area contributed by atoms with Crippen molar-refractivity contribution >= 4 is 0 Å². The molecule has 0 amide bonds. The molecule has 0 radical (unpaired) electrons. The minimum Gasteiger partial charge on any atom is -0.499 e. The van der Waals surface area contributed by atoms with E-state index in [9.17, 15) is 0 Å². The SMILES string of the molecule is CCCCCCCC/C=C(\CCCCCCCC)OCC. The van der Waals surface area contributed by atoms with Crippen LogP contribution in [0.4, 0.5) is 0 Å². The molecule has 0 aliphatic rings. The highest BCUT2D eigenvalue weighted by atomic mass is 16.5. The zero-order valence-corrected chi connectivity index (χ0v) is 15.1. The van der Waals surface area contributed by atoms with Gasteiger partial charge in [0.1, 0.15) is 0 Å². The Balaban J connectivity index is 3.61. The minimum atomic E-state index is 0.818. The largest absolute Gasteiger partial charge is 0.499 e. The summed E-state index contributed by atoms with van der Waals surface area (Å²) < 4.78 is 5.78. The van der Waals surface area contributed by atoms with Crippen LogP contribution in [0.1, 0.15) is 111 Å². The molecule has 1 nitrogen and oxygen atoms in total. The summed E-state index contributed by atoms with van der Waals surface area (Å²) in [5.41, 5.74) is 0. The van der Waals surface area contributed by atoms with E-state index in [4.69, 9.17) is 4.74 Å². The lowest BCUT2D eigenvalue weighted by Gasteiger charge is -2.09. The lowest BCUT2D eigenvalue weighted by atomic mass is 10.1. The summed E-state index contributed by atoms with van der Waals surface area (Å²) in [6.07, 6.45) is 21.2. The van der Waals surface area contributed by atoms with E-state index in [1.807, 2.05) is 0 Å². The molecule has 0 atom stereocenters. The van der Waals surface area contributed by atoms with E-state index in [1.165, 1.54) is 89.2 Å². The quantitative estimate of drug-likeness (QED) is 0.213. The molecule has 0 rings (SSSR count). The first kappa shape index (κ1) is 20.5. The van der Waals surface area contributed by atoms with Crippen molar-refractivity contribution in [2.75, 3.05) is 6.61 Å². The van der Waals surface area contributed by atoms with E-state index >= 15 is 0 Å². The predicted octanol–water partition coefficient (Wildman–Crippen LogP) is 7.41. The van der Waals surface area contributed by atoms with Gasteiger partial charge in [0.2, 0.25) is 0 Å². The fraction of sp³-hybridized carbons (Fsp3) is 0.900. The van der Waals surface area contributed by atoms with Crippen molar-refractivity contribution < 1.29 is 4.74 Å². The van der Waals surface area contributed by atoms with Crippen LogP contribution in [-0.4, -0.2) is 6.61 Å². The van der Waals surface area contributed by atoms with Crippen LogP contribution in [0.3, 0.4) is 0 Å². The Morgan fingerprint density at radius 2 is 1.19 bits per heavy atom. The molecule has 1 heteroatoms. The second kappa shape index (κ2) is 17.6. The van der Waals surface area contributed by atoms with Gasteiger partial charge in [-0.2, -0.15) is 0 Å². The van der Waals surface area contributed by atoms with Gasteiger partial charge in [-0.3, -0.25) is 0 Å². The van der Waals surface area contributed by atoms with Gasteiger partial charge in [0.25, 0.3) is 0 Å². The highest BCUT2D eigenvalue weighted by Crippen LogP contribution is 2.15. The Labute approximate surface area is 134 Å². The van der Waals surface area contributed by atoms with Crippen molar-refractivity contribution in [3.63, 3.8) is 0 Å². The molecule has 0 aromatic heterocycles. The van der Waals surface area contributed by atoms with E-state index in [0.29, 0.717) is 0 Å². The van der Waals surface area contributed by atoms with E-state index in [-0.39, 0.29) is 0 Å². The Hall–Kier alpha value is -0.460. The van der Waals surface area contributed by atoms with E-state index in [1.54, 1.807) is 0 Å². The lowest BCUT2D eigenvalue weighted by Crippen LogP contribution is -1.93.